The van der Waals surface area contributed by atoms with Crippen molar-refractivity contribution in [1.29, 1.82) is 0 Å². The minimum absolute atomic E-state index is 0.0872. The Morgan fingerprint density at radius 3 is 2.27 bits per heavy atom. The largest absolute Gasteiger partial charge is 0.468 e. The van der Waals surface area contributed by atoms with Gasteiger partial charge in [-0.3, -0.25) is 14.4 Å². The highest BCUT2D eigenvalue weighted by molar-refractivity contribution is 5.93. The number of ether oxygens (including phenoxy) is 2. The van der Waals surface area contributed by atoms with Gasteiger partial charge in [-0.2, -0.15) is 0 Å². The van der Waals surface area contributed by atoms with Crippen molar-refractivity contribution in [2.45, 2.75) is 92.3 Å². The van der Waals surface area contributed by atoms with Gasteiger partial charge in [-0.15, -0.1) is 0 Å². The van der Waals surface area contributed by atoms with Crippen LogP contribution in [0, 0.1) is 19.8 Å². The minimum atomic E-state index is -1.00. The van der Waals surface area contributed by atoms with E-state index < -0.39 is 35.7 Å². The van der Waals surface area contributed by atoms with Crippen LogP contribution in [0.2, 0.25) is 0 Å². The lowest BCUT2D eigenvalue weighted by Gasteiger charge is -2.35. The quantitative estimate of drug-likeness (QED) is 0.400. The van der Waals surface area contributed by atoms with E-state index in [9.17, 15) is 19.2 Å². The number of carbonyl (C=O) groups is 4. The maximum absolute atomic E-state index is 14.1. The molecule has 2 atom stereocenters. The first kappa shape index (κ1) is 31.9. The number of benzene rings is 1. The molecule has 208 valence electrons. The number of hydrogen-bond donors (Lipinski definition) is 2. The van der Waals surface area contributed by atoms with E-state index in [1.54, 1.807) is 20.8 Å². The molecular formula is C28H45N3O6. The van der Waals surface area contributed by atoms with E-state index in [1.165, 1.54) is 12.0 Å². The van der Waals surface area contributed by atoms with Crippen molar-refractivity contribution in [2.24, 2.45) is 5.92 Å². The molecule has 0 radical (unpaired) electrons. The second-order valence-corrected chi connectivity index (χ2v) is 10.8. The van der Waals surface area contributed by atoms with E-state index in [4.69, 9.17) is 4.74 Å². The Labute approximate surface area is 221 Å². The molecule has 0 aliphatic rings. The van der Waals surface area contributed by atoms with Gasteiger partial charge < -0.3 is 25.0 Å². The number of unbranched alkanes of at least 4 members (excludes halogenated alkanes) is 1. The van der Waals surface area contributed by atoms with Gasteiger partial charge in [0, 0.05) is 6.54 Å². The molecule has 2 N–H and O–H groups in total. The predicted octanol–water partition coefficient (Wildman–Crippen LogP) is 4.20. The minimum Gasteiger partial charge on any atom is -0.468 e. The second-order valence-electron chi connectivity index (χ2n) is 10.8. The number of hydrogen-bond acceptors (Lipinski definition) is 6. The lowest BCUT2D eigenvalue weighted by atomic mass is 9.95. The summed E-state index contributed by atoms with van der Waals surface area (Å²) in [5, 5.41) is 5.36. The van der Waals surface area contributed by atoms with E-state index in [0.29, 0.717) is 24.9 Å². The van der Waals surface area contributed by atoms with Crippen molar-refractivity contribution in [1.82, 2.24) is 15.5 Å². The molecule has 1 aromatic carbocycles. The Morgan fingerprint density at radius 2 is 1.73 bits per heavy atom. The Bertz CT molecular complexity index is 938. The van der Waals surface area contributed by atoms with Gasteiger partial charge in [0.15, 0.2) is 0 Å². The van der Waals surface area contributed by atoms with Gasteiger partial charge in [0.05, 0.1) is 7.11 Å². The molecule has 0 saturated carbocycles. The van der Waals surface area contributed by atoms with Gasteiger partial charge >= 0.3 is 12.1 Å². The maximum atomic E-state index is 14.1. The fourth-order valence-electron chi connectivity index (χ4n) is 3.87. The van der Waals surface area contributed by atoms with Crippen LogP contribution < -0.4 is 10.6 Å². The van der Waals surface area contributed by atoms with Gasteiger partial charge in [-0.25, -0.2) is 4.79 Å². The summed E-state index contributed by atoms with van der Waals surface area (Å²) >= 11 is 0. The molecule has 0 fully saturated rings. The van der Waals surface area contributed by atoms with Crippen LogP contribution in [0.3, 0.4) is 0 Å². The monoisotopic (exact) mass is 519 g/mol. The summed E-state index contributed by atoms with van der Waals surface area (Å²) in [4.78, 5) is 53.6. The first-order valence-electron chi connectivity index (χ1n) is 12.9. The number of rotatable bonds is 12. The summed E-state index contributed by atoms with van der Waals surface area (Å²) in [6.45, 7) is 14.9. The first-order valence-corrected chi connectivity index (χ1v) is 12.9. The number of amides is 3. The summed E-state index contributed by atoms with van der Waals surface area (Å²) < 4.78 is 10.1. The average Bonchev–Trinajstić information content (AvgIpc) is 2.79. The van der Waals surface area contributed by atoms with Gasteiger partial charge in [0.2, 0.25) is 11.8 Å². The van der Waals surface area contributed by atoms with Crippen molar-refractivity contribution in [3.63, 3.8) is 0 Å². The Morgan fingerprint density at radius 1 is 1.08 bits per heavy atom. The van der Waals surface area contributed by atoms with Crippen LogP contribution in [0.5, 0.6) is 0 Å². The Balaban J connectivity index is 3.54. The third-order valence-electron chi connectivity index (χ3n) is 5.66. The number of methoxy groups -OCH3 is 1. The zero-order valence-corrected chi connectivity index (χ0v) is 23.9. The van der Waals surface area contributed by atoms with Crippen LogP contribution in [0.25, 0.3) is 0 Å². The summed E-state index contributed by atoms with van der Waals surface area (Å²) in [5.74, 6) is -1.38. The van der Waals surface area contributed by atoms with Crippen molar-refractivity contribution < 1.29 is 28.7 Å². The fraction of sp³-hybridized carbons (Fsp3) is 0.643. The molecule has 0 aliphatic heterocycles. The summed E-state index contributed by atoms with van der Waals surface area (Å²) in [6.07, 6.45) is 1.12. The van der Waals surface area contributed by atoms with Crippen molar-refractivity contribution in [2.75, 3.05) is 20.2 Å². The summed E-state index contributed by atoms with van der Waals surface area (Å²) in [7, 11) is 1.24. The lowest BCUT2D eigenvalue weighted by molar-refractivity contribution is -0.145. The molecule has 0 aromatic heterocycles. The number of nitrogens with zero attached hydrogens (tertiary/aromatic N) is 1. The van der Waals surface area contributed by atoms with E-state index >= 15 is 0 Å². The number of carbonyl (C=O) groups excluding carboxylic acids is 4. The van der Waals surface area contributed by atoms with E-state index in [1.807, 2.05) is 52.8 Å². The smallest absolute Gasteiger partial charge is 0.408 e. The molecule has 2 unspecified atom stereocenters. The van der Waals surface area contributed by atoms with Crippen LogP contribution in [0.1, 0.15) is 83.5 Å². The maximum Gasteiger partial charge on any atom is 0.408 e. The molecule has 0 aliphatic carbocycles. The van der Waals surface area contributed by atoms with Gasteiger partial charge in [0.1, 0.15) is 24.2 Å². The topological polar surface area (TPSA) is 114 Å². The molecular weight excluding hydrogens is 474 g/mol. The molecule has 0 spiro atoms. The number of aryl methyl sites for hydroxylation is 2. The SMILES string of the molecule is CCCCN(C(=O)C(CC(C)C)NC(=O)OC(C)(C)C)C(C(=O)NCC(=O)OC)c1cc(C)ccc1C. The number of nitrogens with one attached hydrogen (secondary N) is 2. The molecule has 0 saturated heterocycles. The number of esters is 1. The number of alkyl carbamates (subject to hydrolysis) is 1. The fourth-order valence-corrected chi connectivity index (χ4v) is 3.87. The van der Waals surface area contributed by atoms with Gasteiger partial charge in [-0.05, 0) is 64.5 Å². The van der Waals surface area contributed by atoms with Crippen LogP contribution in [0.15, 0.2) is 18.2 Å². The molecule has 0 heterocycles. The summed E-state index contributed by atoms with van der Waals surface area (Å²) in [6, 6.07) is 3.82. The van der Waals surface area contributed by atoms with Crippen LogP contribution in [0.4, 0.5) is 4.79 Å². The lowest BCUT2D eigenvalue weighted by Crippen LogP contribution is -2.54. The molecule has 3 amide bonds. The van der Waals surface area contributed by atoms with Crippen molar-refractivity contribution >= 4 is 23.9 Å². The third-order valence-corrected chi connectivity index (χ3v) is 5.66. The third kappa shape index (κ3) is 10.8. The summed E-state index contributed by atoms with van der Waals surface area (Å²) in [5.41, 5.74) is 1.69. The van der Waals surface area contributed by atoms with Crippen LogP contribution in [-0.2, 0) is 23.9 Å². The zero-order valence-electron chi connectivity index (χ0n) is 23.9. The predicted molar refractivity (Wildman–Crippen MR) is 143 cm³/mol. The molecule has 0 bridgehead atoms. The highest BCUT2D eigenvalue weighted by Crippen LogP contribution is 2.28. The molecule has 1 aromatic rings. The first-order chi connectivity index (χ1) is 17.2. The standard InChI is InChI=1S/C28H45N3O6/c1-10-11-14-31(26(34)22(15-18(2)3)30-27(35)37-28(6,7)8)24(25(33)29-17-23(32)36-9)21-16-19(4)12-13-20(21)5/h12-13,16,18,22,24H,10-11,14-15,17H2,1-9H3,(H,29,33)(H,30,35). The zero-order chi connectivity index (χ0) is 28.3. The van der Waals surface area contributed by atoms with Crippen molar-refractivity contribution in [3.8, 4) is 0 Å². The Hall–Kier alpha value is -3.10. The van der Waals surface area contributed by atoms with E-state index in [0.717, 1.165) is 17.5 Å². The highest BCUT2D eigenvalue weighted by atomic mass is 16.6. The normalized spacial score (nSPS) is 12.9. The molecule has 37 heavy (non-hydrogen) atoms. The van der Waals surface area contributed by atoms with E-state index in [2.05, 4.69) is 15.4 Å². The highest BCUT2D eigenvalue weighted by Gasteiger charge is 2.37. The van der Waals surface area contributed by atoms with Crippen LogP contribution >= 0.6 is 0 Å². The second kappa shape index (κ2) is 14.6. The average molecular weight is 520 g/mol. The van der Waals surface area contributed by atoms with Crippen molar-refractivity contribution in [3.05, 3.63) is 34.9 Å². The van der Waals surface area contributed by atoms with Crippen LogP contribution in [-0.4, -0.2) is 60.6 Å². The van der Waals surface area contributed by atoms with E-state index in [-0.39, 0.29) is 18.4 Å². The molecule has 9 nitrogen and oxygen atoms in total. The Kier molecular flexibility index (Phi) is 12.6. The van der Waals surface area contributed by atoms with Gasteiger partial charge in [-0.1, -0.05) is 51.0 Å². The van der Waals surface area contributed by atoms with Gasteiger partial charge in [0.25, 0.3) is 0 Å². The molecule has 1 rings (SSSR count). The molecule has 9 heteroatoms.